The van der Waals surface area contributed by atoms with E-state index < -0.39 is 15.6 Å². The highest BCUT2D eigenvalue weighted by Crippen LogP contribution is 2.37. The van der Waals surface area contributed by atoms with E-state index >= 15 is 0 Å². The quantitative estimate of drug-likeness (QED) is 0.720. The van der Waals surface area contributed by atoms with Crippen molar-refractivity contribution in [3.8, 4) is 0 Å². The second-order valence-corrected chi connectivity index (χ2v) is 11.1. The van der Waals surface area contributed by atoms with Crippen LogP contribution in [0.15, 0.2) is 57.2 Å². The second kappa shape index (κ2) is 8.56. The van der Waals surface area contributed by atoms with Crippen LogP contribution in [0.2, 0.25) is 0 Å². The molecule has 1 fully saturated rings. The number of rotatable bonds is 4. The molecule has 2 aliphatic heterocycles. The van der Waals surface area contributed by atoms with Crippen molar-refractivity contribution in [2.45, 2.75) is 47.8 Å². The summed E-state index contributed by atoms with van der Waals surface area (Å²) in [5, 5.41) is 0.376. The number of hydrogen-bond donors (Lipinski definition) is 0. The lowest BCUT2D eigenvalue weighted by molar-refractivity contribution is -0.119. The molecule has 0 spiro atoms. The summed E-state index contributed by atoms with van der Waals surface area (Å²) in [5.74, 6) is -0.227. The van der Waals surface area contributed by atoms with Gasteiger partial charge in [0.15, 0.2) is 0 Å². The third kappa shape index (κ3) is 4.19. The molecule has 1 unspecified atom stereocenters. The topological polar surface area (TPSA) is 79.7 Å². The Morgan fingerprint density at radius 2 is 1.83 bits per heavy atom. The Labute approximate surface area is 180 Å². The van der Waals surface area contributed by atoms with Crippen molar-refractivity contribution < 1.29 is 13.2 Å². The SMILES string of the molecule is CC1CCN(C(=O)Cn2cc(S(=O)(=O)N3CCCC3)ccc2=O)c2ccccc2S1. The first-order chi connectivity index (χ1) is 14.4. The predicted molar refractivity (Wildman–Crippen MR) is 117 cm³/mol. The summed E-state index contributed by atoms with van der Waals surface area (Å²) in [7, 11) is -3.66. The Balaban J connectivity index is 1.62. The van der Waals surface area contributed by atoms with Gasteiger partial charge in [-0.15, -0.1) is 11.8 Å². The highest BCUT2D eigenvalue weighted by molar-refractivity contribution is 8.00. The molecule has 30 heavy (non-hydrogen) atoms. The molecule has 2 aromatic rings. The van der Waals surface area contributed by atoms with Crippen LogP contribution in [0.25, 0.3) is 0 Å². The predicted octanol–water partition coefficient (Wildman–Crippen LogP) is 2.55. The lowest BCUT2D eigenvalue weighted by Gasteiger charge is -2.23. The van der Waals surface area contributed by atoms with Crippen LogP contribution in [-0.2, 0) is 21.4 Å². The van der Waals surface area contributed by atoms with Crippen LogP contribution < -0.4 is 10.5 Å². The van der Waals surface area contributed by atoms with E-state index in [2.05, 4.69) is 6.92 Å². The van der Waals surface area contributed by atoms with E-state index in [0.717, 1.165) is 29.8 Å². The van der Waals surface area contributed by atoms with Crippen molar-refractivity contribution in [1.82, 2.24) is 8.87 Å². The molecule has 7 nitrogen and oxygen atoms in total. The number of benzene rings is 1. The van der Waals surface area contributed by atoms with Gasteiger partial charge in [0.2, 0.25) is 15.9 Å². The molecule has 1 amide bonds. The number of pyridine rings is 1. The van der Waals surface area contributed by atoms with Crippen molar-refractivity contribution in [1.29, 1.82) is 0 Å². The average molecular weight is 448 g/mol. The lowest BCUT2D eigenvalue weighted by atomic mass is 10.2. The number of fused-ring (bicyclic) bond motifs is 1. The minimum Gasteiger partial charge on any atom is -0.310 e. The first-order valence-corrected chi connectivity index (χ1v) is 12.4. The molecule has 3 heterocycles. The fourth-order valence-electron chi connectivity index (χ4n) is 3.84. The third-order valence-corrected chi connectivity index (χ3v) is 8.63. The highest BCUT2D eigenvalue weighted by Gasteiger charge is 2.28. The average Bonchev–Trinajstić information content (AvgIpc) is 3.21. The van der Waals surface area contributed by atoms with Gasteiger partial charge in [0, 0.05) is 42.0 Å². The van der Waals surface area contributed by atoms with Gasteiger partial charge in [-0.1, -0.05) is 19.1 Å². The van der Waals surface area contributed by atoms with E-state index in [1.807, 2.05) is 24.3 Å². The molecule has 160 valence electrons. The maximum absolute atomic E-state index is 13.2. The van der Waals surface area contributed by atoms with Gasteiger partial charge in [0.25, 0.3) is 5.56 Å². The van der Waals surface area contributed by atoms with Crippen LogP contribution in [0.1, 0.15) is 26.2 Å². The molecule has 9 heteroatoms. The molecular weight excluding hydrogens is 422 g/mol. The standard InChI is InChI=1S/C21H25N3O4S2/c1-16-10-13-24(18-6-2-3-7-19(18)29-16)21(26)15-22-14-17(8-9-20(22)25)30(27,28)23-11-4-5-12-23/h2-3,6-9,14,16H,4-5,10-13,15H2,1H3. The number of nitrogens with zero attached hydrogens (tertiary/aromatic N) is 3. The van der Waals surface area contributed by atoms with Crippen molar-refractivity contribution in [3.63, 3.8) is 0 Å². The minimum absolute atomic E-state index is 0.0530. The zero-order valence-corrected chi connectivity index (χ0v) is 18.5. The first-order valence-electron chi connectivity index (χ1n) is 10.1. The van der Waals surface area contributed by atoms with Gasteiger partial charge in [0.05, 0.1) is 10.6 Å². The summed E-state index contributed by atoms with van der Waals surface area (Å²) in [6.45, 7) is 3.47. The summed E-state index contributed by atoms with van der Waals surface area (Å²) >= 11 is 1.74. The van der Waals surface area contributed by atoms with Crippen molar-refractivity contribution in [2.75, 3.05) is 24.5 Å². The molecule has 0 bridgehead atoms. The summed E-state index contributed by atoms with van der Waals surface area (Å²) in [5.41, 5.74) is 0.445. The summed E-state index contributed by atoms with van der Waals surface area (Å²) in [4.78, 5) is 28.3. The Morgan fingerprint density at radius 1 is 1.10 bits per heavy atom. The van der Waals surface area contributed by atoms with Gasteiger partial charge in [-0.25, -0.2) is 8.42 Å². The molecule has 1 aromatic heterocycles. The Kier molecular flexibility index (Phi) is 6.04. The number of aromatic nitrogens is 1. The van der Waals surface area contributed by atoms with Gasteiger partial charge < -0.3 is 9.47 Å². The number of carbonyl (C=O) groups excluding carboxylic acids is 1. The summed E-state index contributed by atoms with van der Waals surface area (Å²) < 4.78 is 28.3. The fraction of sp³-hybridized carbons (Fsp3) is 0.429. The monoisotopic (exact) mass is 447 g/mol. The molecule has 0 radical (unpaired) electrons. The maximum Gasteiger partial charge on any atom is 0.251 e. The van der Waals surface area contributed by atoms with E-state index in [-0.39, 0.29) is 17.3 Å². The van der Waals surface area contributed by atoms with Crippen LogP contribution >= 0.6 is 11.8 Å². The Bertz CT molecular complexity index is 1110. The maximum atomic E-state index is 13.2. The second-order valence-electron chi connectivity index (χ2n) is 7.67. The van der Waals surface area contributed by atoms with Crippen LogP contribution in [0.5, 0.6) is 0 Å². The number of carbonyl (C=O) groups is 1. The van der Waals surface area contributed by atoms with Gasteiger partial charge in [-0.05, 0) is 37.5 Å². The van der Waals surface area contributed by atoms with Gasteiger partial charge in [0.1, 0.15) is 6.54 Å². The van der Waals surface area contributed by atoms with Crippen molar-refractivity contribution in [2.24, 2.45) is 0 Å². The van der Waals surface area contributed by atoms with Gasteiger partial charge >= 0.3 is 0 Å². The lowest BCUT2D eigenvalue weighted by Crippen LogP contribution is -2.37. The van der Waals surface area contributed by atoms with Crippen LogP contribution in [0.3, 0.4) is 0 Å². The molecule has 1 saturated heterocycles. The van der Waals surface area contributed by atoms with E-state index in [0.29, 0.717) is 24.9 Å². The van der Waals surface area contributed by atoms with Gasteiger partial charge in [-0.2, -0.15) is 4.31 Å². The zero-order chi connectivity index (χ0) is 21.3. The van der Waals surface area contributed by atoms with E-state index in [1.54, 1.807) is 16.7 Å². The smallest absolute Gasteiger partial charge is 0.251 e. The minimum atomic E-state index is -3.66. The first kappa shape index (κ1) is 21.1. The highest BCUT2D eigenvalue weighted by atomic mass is 32.2. The Hall–Kier alpha value is -2.10. The third-order valence-electron chi connectivity index (χ3n) is 5.51. The van der Waals surface area contributed by atoms with Crippen LogP contribution in [-0.4, -0.2) is 48.1 Å². The van der Waals surface area contributed by atoms with Gasteiger partial charge in [-0.3, -0.25) is 9.59 Å². The van der Waals surface area contributed by atoms with Crippen molar-refractivity contribution in [3.05, 3.63) is 52.9 Å². The number of sulfonamides is 1. The zero-order valence-electron chi connectivity index (χ0n) is 16.9. The molecule has 0 N–H and O–H groups in total. The normalized spacial score (nSPS) is 20.0. The number of anilines is 1. The molecule has 1 aromatic carbocycles. The molecule has 4 rings (SSSR count). The number of hydrogen-bond acceptors (Lipinski definition) is 5. The summed E-state index contributed by atoms with van der Waals surface area (Å²) in [6, 6.07) is 10.3. The summed E-state index contributed by atoms with van der Waals surface area (Å²) in [6.07, 6.45) is 3.81. The van der Waals surface area contributed by atoms with Crippen molar-refractivity contribution >= 4 is 33.4 Å². The van der Waals surface area contributed by atoms with E-state index in [1.165, 1.54) is 27.2 Å². The number of amides is 1. The molecule has 2 aliphatic rings. The van der Waals surface area contributed by atoms with E-state index in [9.17, 15) is 18.0 Å². The van der Waals surface area contributed by atoms with Crippen LogP contribution in [0, 0.1) is 0 Å². The molecule has 1 atom stereocenters. The number of para-hydroxylation sites is 1. The molecular formula is C21H25N3O4S2. The Morgan fingerprint density at radius 3 is 2.60 bits per heavy atom. The van der Waals surface area contributed by atoms with E-state index in [4.69, 9.17) is 0 Å². The van der Waals surface area contributed by atoms with Crippen LogP contribution in [0.4, 0.5) is 5.69 Å². The number of thioether (sulfide) groups is 1. The largest absolute Gasteiger partial charge is 0.310 e. The molecule has 0 aliphatic carbocycles. The fourth-order valence-corrected chi connectivity index (χ4v) is 6.49. The molecule has 0 saturated carbocycles.